The molecule has 0 heterocycles. The molecule has 1 atom stereocenters. The molecule has 0 aromatic heterocycles. The van der Waals surface area contributed by atoms with Crippen LogP contribution in [0.25, 0.3) is 0 Å². The smallest absolute Gasteiger partial charge is 0.282 e. The van der Waals surface area contributed by atoms with E-state index < -0.39 is 12.0 Å². The number of benzene rings is 1. The summed E-state index contributed by atoms with van der Waals surface area (Å²) in [6, 6.07) is 7.71. The van der Waals surface area contributed by atoms with Gasteiger partial charge in [-0.05, 0) is 6.92 Å². The van der Waals surface area contributed by atoms with Crippen LogP contribution in [-0.2, 0) is 5.60 Å². The molecule has 0 fully saturated rings. The molecule has 1 N–H and O–H groups in total. The highest BCUT2D eigenvalue weighted by Gasteiger charge is 2.37. The van der Waals surface area contributed by atoms with Crippen molar-refractivity contribution in [3.05, 3.63) is 35.9 Å². The average Bonchev–Trinajstić information content (AvgIpc) is 2.19. The molecule has 0 amide bonds. The van der Waals surface area contributed by atoms with E-state index in [0.717, 1.165) is 0 Å². The Morgan fingerprint density at radius 1 is 1.29 bits per heavy atom. The van der Waals surface area contributed by atoms with E-state index in [1.54, 1.807) is 18.2 Å². The molecule has 1 nitrogen and oxygen atoms in total. The number of alkyl halides is 2. The van der Waals surface area contributed by atoms with Crippen molar-refractivity contribution in [1.29, 1.82) is 0 Å². The van der Waals surface area contributed by atoms with Crippen LogP contribution in [0.2, 0.25) is 0 Å². The van der Waals surface area contributed by atoms with Crippen molar-refractivity contribution in [2.75, 3.05) is 0 Å². The maximum atomic E-state index is 12.6. The van der Waals surface area contributed by atoms with Gasteiger partial charge in [0, 0.05) is 5.56 Å². The van der Waals surface area contributed by atoms with Gasteiger partial charge in [0.05, 0.1) is 0 Å². The van der Waals surface area contributed by atoms with Crippen molar-refractivity contribution >= 4 is 0 Å². The summed E-state index contributed by atoms with van der Waals surface area (Å²) in [6.07, 6.45) is -2.92. The molecule has 0 spiro atoms. The Kier molecular flexibility index (Phi) is 3.21. The maximum absolute atomic E-state index is 12.6. The molecular formula is C11H10F2O. The van der Waals surface area contributed by atoms with Gasteiger partial charge >= 0.3 is 0 Å². The molecule has 0 aliphatic rings. The van der Waals surface area contributed by atoms with Crippen molar-refractivity contribution < 1.29 is 13.9 Å². The molecule has 3 heteroatoms. The minimum atomic E-state index is -2.92. The van der Waals surface area contributed by atoms with Gasteiger partial charge in [0.15, 0.2) is 0 Å². The first-order valence-corrected chi connectivity index (χ1v) is 4.11. The Morgan fingerprint density at radius 3 is 2.29 bits per heavy atom. The number of aliphatic hydroxyl groups is 1. The van der Waals surface area contributed by atoms with Crippen LogP contribution in [0, 0.1) is 11.8 Å². The van der Waals surface area contributed by atoms with E-state index in [0.29, 0.717) is 0 Å². The van der Waals surface area contributed by atoms with Crippen LogP contribution in [0.15, 0.2) is 30.3 Å². The molecular weight excluding hydrogens is 186 g/mol. The lowest BCUT2D eigenvalue weighted by Gasteiger charge is -2.21. The monoisotopic (exact) mass is 196 g/mol. The summed E-state index contributed by atoms with van der Waals surface area (Å²) >= 11 is 0. The second-order valence-electron chi connectivity index (χ2n) is 2.81. The predicted octanol–water partition coefficient (Wildman–Crippen LogP) is 2.16. The zero-order valence-corrected chi connectivity index (χ0v) is 7.67. The van der Waals surface area contributed by atoms with Gasteiger partial charge in [0.25, 0.3) is 6.43 Å². The molecule has 74 valence electrons. The second kappa shape index (κ2) is 4.21. The summed E-state index contributed by atoms with van der Waals surface area (Å²) in [5.41, 5.74) is -2.24. The van der Waals surface area contributed by atoms with Crippen molar-refractivity contribution in [3.63, 3.8) is 0 Å². The third-order valence-corrected chi connectivity index (χ3v) is 1.85. The van der Waals surface area contributed by atoms with Crippen molar-refractivity contribution in [2.45, 2.75) is 19.0 Å². The van der Waals surface area contributed by atoms with Gasteiger partial charge in [0.2, 0.25) is 5.60 Å². The van der Waals surface area contributed by atoms with Crippen LogP contribution in [0.4, 0.5) is 8.78 Å². The van der Waals surface area contributed by atoms with E-state index >= 15 is 0 Å². The van der Waals surface area contributed by atoms with Gasteiger partial charge in [-0.2, -0.15) is 0 Å². The maximum Gasteiger partial charge on any atom is 0.282 e. The molecule has 0 bridgehead atoms. The lowest BCUT2D eigenvalue weighted by molar-refractivity contribution is -0.0590. The summed E-state index contributed by atoms with van der Waals surface area (Å²) < 4.78 is 25.2. The lowest BCUT2D eigenvalue weighted by atomic mass is 9.95. The topological polar surface area (TPSA) is 20.2 Å². The van der Waals surface area contributed by atoms with Gasteiger partial charge in [-0.3, -0.25) is 0 Å². The highest BCUT2D eigenvalue weighted by molar-refractivity contribution is 5.32. The molecule has 1 unspecified atom stereocenters. The molecule has 1 rings (SSSR count). The molecule has 0 radical (unpaired) electrons. The first-order chi connectivity index (χ1) is 6.61. The average molecular weight is 196 g/mol. The second-order valence-corrected chi connectivity index (χ2v) is 2.81. The van der Waals surface area contributed by atoms with Crippen molar-refractivity contribution in [3.8, 4) is 11.8 Å². The molecule has 0 saturated carbocycles. The first kappa shape index (κ1) is 10.7. The fraction of sp³-hybridized carbons (Fsp3) is 0.273. The molecule has 14 heavy (non-hydrogen) atoms. The Labute approximate surface area is 81.4 Å². The Morgan fingerprint density at radius 2 is 1.86 bits per heavy atom. The highest BCUT2D eigenvalue weighted by Crippen LogP contribution is 2.27. The zero-order chi connectivity index (χ0) is 10.6. The van der Waals surface area contributed by atoms with Crippen LogP contribution >= 0.6 is 0 Å². The number of hydrogen-bond acceptors (Lipinski definition) is 1. The third kappa shape index (κ3) is 1.91. The van der Waals surface area contributed by atoms with E-state index in [1.807, 2.05) is 0 Å². The molecule has 0 saturated heterocycles. The summed E-state index contributed by atoms with van der Waals surface area (Å²) in [5.74, 6) is 4.44. The van der Waals surface area contributed by atoms with Crippen LogP contribution in [0.1, 0.15) is 12.5 Å². The van der Waals surface area contributed by atoms with Gasteiger partial charge < -0.3 is 5.11 Å². The van der Waals surface area contributed by atoms with Gasteiger partial charge in [-0.15, -0.1) is 5.92 Å². The zero-order valence-electron chi connectivity index (χ0n) is 7.67. The third-order valence-electron chi connectivity index (χ3n) is 1.85. The number of hydrogen-bond donors (Lipinski definition) is 1. The Hall–Kier alpha value is -1.40. The molecule has 0 aliphatic heterocycles. The minimum absolute atomic E-state index is 0.115. The quantitative estimate of drug-likeness (QED) is 0.718. The fourth-order valence-corrected chi connectivity index (χ4v) is 1.14. The SMILES string of the molecule is CC#CC(O)(c1ccccc1)C(F)F. The van der Waals surface area contributed by atoms with E-state index in [9.17, 15) is 13.9 Å². The fourth-order valence-electron chi connectivity index (χ4n) is 1.14. The van der Waals surface area contributed by atoms with E-state index in [2.05, 4.69) is 11.8 Å². The molecule has 1 aromatic carbocycles. The molecule has 0 aliphatic carbocycles. The van der Waals surface area contributed by atoms with Gasteiger partial charge in [0.1, 0.15) is 0 Å². The van der Waals surface area contributed by atoms with Gasteiger partial charge in [-0.25, -0.2) is 8.78 Å². The van der Waals surface area contributed by atoms with Crippen molar-refractivity contribution in [2.24, 2.45) is 0 Å². The predicted molar refractivity (Wildman–Crippen MR) is 49.8 cm³/mol. The largest absolute Gasteiger partial charge is 0.369 e. The minimum Gasteiger partial charge on any atom is -0.369 e. The first-order valence-electron chi connectivity index (χ1n) is 4.11. The number of rotatable bonds is 2. The normalized spacial score (nSPS) is 14.4. The molecule has 1 aromatic rings. The van der Waals surface area contributed by atoms with Crippen LogP contribution < -0.4 is 0 Å². The highest BCUT2D eigenvalue weighted by atomic mass is 19.3. The van der Waals surface area contributed by atoms with Crippen LogP contribution in [-0.4, -0.2) is 11.5 Å². The lowest BCUT2D eigenvalue weighted by Crippen LogP contribution is -2.32. The standard InChI is InChI=1S/C11H10F2O/c1-2-8-11(14,10(12)13)9-6-4-3-5-7-9/h3-7,10,14H,1H3. The summed E-state index contributed by atoms with van der Waals surface area (Å²) in [6.45, 7) is 1.41. The summed E-state index contributed by atoms with van der Waals surface area (Å²) in [7, 11) is 0. The summed E-state index contributed by atoms with van der Waals surface area (Å²) in [4.78, 5) is 0. The Balaban J connectivity index is 3.17. The van der Waals surface area contributed by atoms with E-state index in [-0.39, 0.29) is 5.56 Å². The summed E-state index contributed by atoms with van der Waals surface area (Å²) in [5, 5.41) is 9.64. The van der Waals surface area contributed by atoms with Crippen molar-refractivity contribution in [1.82, 2.24) is 0 Å². The van der Waals surface area contributed by atoms with E-state index in [4.69, 9.17) is 0 Å². The van der Waals surface area contributed by atoms with Crippen LogP contribution in [0.3, 0.4) is 0 Å². The number of halogens is 2. The van der Waals surface area contributed by atoms with Gasteiger partial charge in [-0.1, -0.05) is 36.3 Å². The Bertz CT molecular complexity index is 351. The van der Waals surface area contributed by atoms with Crippen LogP contribution in [0.5, 0.6) is 0 Å². The van der Waals surface area contributed by atoms with E-state index in [1.165, 1.54) is 19.1 Å².